The molecule has 0 saturated heterocycles. The van der Waals surface area contributed by atoms with Gasteiger partial charge in [-0.1, -0.05) is 42.4 Å². The Hall–Kier alpha value is -2.17. The van der Waals surface area contributed by atoms with E-state index >= 15 is 0 Å². The van der Waals surface area contributed by atoms with Crippen molar-refractivity contribution in [3.8, 4) is 0 Å². The minimum atomic E-state index is -0.377. The Labute approximate surface area is 162 Å². The van der Waals surface area contributed by atoms with Crippen molar-refractivity contribution in [1.82, 2.24) is 39.2 Å². The van der Waals surface area contributed by atoms with Gasteiger partial charge in [-0.2, -0.15) is 4.52 Å². The lowest BCUT2D eigenvalue weighted by molar-refractivity contribution is 0.852. The van der Waals surface area contributed by atoms with Gasteiger partial charge in [0.25, 0.3) is 0 Å². The molecule has 12 heteroatoms. The lowest BCUT2D eigenvalue weighted by Gasteiger charge is -2.01. The second-order valence-electron chi connectivity index (χ2n) is 4.86. The summed E-state index contributed by atoms with van der Waals surface area (Å²) in [5.74, 6) is 1.37. The van der Waals surface area contributed by atoms with Gasteiger partial charge in [-0.3, -0.25) is 9.38 Å². The molecule has 4 rings (SSSR count). The van der Waals surface area contributed by atoms with Gasteiger partial charge in [0, 0.05) is 12.1 Å². The van der Waals surface area contributed by atoms with Crippen molar-refractivity contribution >= 4 is 46.3 Å². The summed E-state index contributed by atoms with van der Waals surface area (Å²) in [4.78, 5) is 21.7. The van der Waals surface area contributed by atoms with Gasteiger partial charge in [0.15, 0.2) is 16.5 Å². The van der Waals surface area contributed by atoms with Crippen LogP contribution in [0, 0.1) is 13.8 Å². The van der Waals surface area contributed by atoms with Crippen LogP contribution >= 0.6 is 35.0 Å². The molecule has 0 fully saturated rings. The lowest BCUT2D eigenvalue weighted by Crippen LogP contribution is -2.16. The summed E-state index contributed by atoms with van der Waals surface area (Å²) < 4.78 is 3.04. The third-order valence-electron chi connectivity index (χ3n) is 3.09. The molecule has 0 aliphatic heterocycles. The van der Waals surface area contributed by atoms with E-state index in [1.807, 2.05) is 17.6 Å². The van der Waals surface area contributed by atoms with E-state index in [1.165, 1.54) is 16.3 Å². The summed E-state index contributed by atoms with van der Waals surface area (Å²) in [5, 5.41) is 13.3. The molecule has 0 atom stereocenters. The van der Waals surface area contributed by atoms with Gasteiger partial charge in [0.2, 0.25) is 0 Å². The topological polar surface area (TPSA) is 106 Å². The van der Waals surface area contributed by atoms with Crippen molar-refractivity contribution in [3.05, 3.63) is 44.6 Å². The number of aromatic amines is 1. The first-order chi connectivity index (χ1) is 11.9. The summed E-state index contributed by atoms with van der Waals surface area (Å²) >= 11 is 12.9. The highest BCUT2D eigenvalue weighted by molar-refractivity contribution is 7.98. The first kappa shape index (κ1) is 20.1. The standard InChI is InChI=1S/C7H7ClN4S.C6H5ClN4O.CH4/c1-4-10-11-6-3-5(8)9-7(13-2)12(4)6;1-3-8-5-2-4(7)9-6(12)11(5)10-3;/h3H,1-2H3;2H,1H3,(H,9,12);1H4. The second kappa shape index (κ2) is 8.02. The third-order valence-corrected chi connectivity index (χ3v) is 4.12. The molecule has 0 bridgehead atoms. The number of thioether (sulfide) groups is 1. The fourth-order valence-corrected chi connectivity index (χ4v) is 3.11. The van der Waals surface area contributed by atoms with E-state index in [1.54, 1.807) is 19.1 Å². The number of aryl methyl sites for hydroxylation is 2. The Bertz CT molecular complexity index is 1120. The zero-order valence-corrected chi connectivity index (χ0v) is 15.7. The molecule has 0 radical (unpaired) electrons. The Morgan fingerprint density at radius 1 is 1.12 bits per heavy atom. The van der Waals surface area contributed by atoms with Gasteiger partial charge in [0.05, 0.1) is 0 Å². The number of hydrogen-bond acceptors (Lipinski definition) is 7. The summed E-state index contributed by atoms with van der Waals surface area (Å²) in [6, 6.07) is 3.24. The quantitative estimate of drug-likeness (QED) is 0.289. The maximum atomic E-state index is 11.1. The van der Waals surface area contributed by atoms with Gasteiger partial charge in [0.1, 0.15) is 22.0 Å². The number of nitrogens with one attached hydrogen (secondary N) is 1. The van der Waals surface area contributed by atoms with Crippen molar-refractivity contribution in [3.63, 3.8) is 0 Å². The Kier molecular flexibility index (Phi) is 6.21. The van der Waals surface area contributed by atoms with Crippen LogP contribution in [0.15, 0.2) is 22.1 Å². The summed E-state index contributed by atoms with van der Waals surface area (Å²) in [6.07, 6.45) is 1.94. The monoisotopic (exact) mass is 414 g/mol. The van der Waals surface area contributed by atoms with Crippen molar-refractivity contribution in [2.24, 2.45) is 0 Å². The predicted octanol–water partition coefficient (Wildman–Crippen LogP) is 2.82. The van der Waals surface area contributed by atoms with E-state index in [4.69, 9.17) is 23.2 Å². The maximum absolute atomic E-state index is 11.1. The Morgan fingerprint density at radius 3 is 2.54 bits per heavy atom. The van der Waals surface area contributed by atoms with Gasteiger partial charge < -0.3 is 0 Å². The Morgan fingerprint density at radius 2 is 1.85 bits per heavy atom. The van der Waals surface area contributed by atoms with Crippen LogP contribution in [0.3, 0.4) is 0 Å². The molecule has 0 aliphatic carbocycles. The SMILES string of the molecule is C.CSc1nc(Cl)cc2nnc(C)n12.Cc1nc2cc(Cl)[nH]c(=O)n2n1. The molecule has 0 amide bonds. The maximum Gasteiger partial charge on any atom is 0.349 e. The molecule has 0 unspecified atom stereocenters. The molecule has 1 N–H and O–H groups in total. The molecule has 0 spiro atoms. The van der Waals surface area contributed by atoms with Gasteiger partial charge >= 0.3 is 5.69 Å². The van der Waals surface area contributed by atoms with E-state index < -0.39 is 0 Å². The van der Waals surface area contributed by atoms with Crippen LogP contribution < -0.4 is 5.69 Å². The minimum absolute atomic E-state index is 0. The van der Waals surface area contributed by atoms with Gasteiger partial charge in [-0.25, -0.2) is 14.8 Å². The largest absolute Gasteiger partial charge is 0.349 e. The fraction of sp³-hybridized carbons (Fsp3) is 0.286. The zero-order valence-electron chi connectivity index (χ0n) is 13.4. The molecule has 138 valence electrons. The predicted molar refractivity (Wildman–Crippen MR) is 102 cm³/mol. The average molecular weight is 415 g/mol. The second-order valence-corrected chi connectivity index (χ2v) is 6.43. The summed E-state index contributed by atoms with van der Waals surface area (Å²) in [5.41, 5.74) is 0.821. The number of aromatic nitrogens is 8. The van der Waals surface area contributed by atoms with E-state index in [0.717, 1.165) is 16.6 Å². The number of H-pyrrole nitrogens is 1. The van der Waals surface area contributed by atoms with Crippen molar-refractivity contribution < 1.29 is 0 Å². The molecule has 0 saturated carbocycles. The Balaban J connectivity index is 0.000000180. The van der Waals surface area contributed by atoms with Crippen LogP contribution in [-0.2, 0) is 0 Å². The first-order valence-corrected chi connectivity index (χ1v) is 8.91. The normalized spacial score (nSPS) is 10.5. The molecule has 0 aliphatic rings. The highest BCUT2D eigenvalue weighted by Crippen LogP contribution is 2.18. The van der Waals surface area contributed by atoms with Crippen molar-refractivity contribution in [1.29, 1.82) is 0 Å². The summed E-state index contributed by atoms with van der Waals surface area (Å²) in [6.45, 7) is 3.59. The van der Waals surface area contributed by atoms with Crippen LogP contribution in [0.2, 0.25) is 10.3 Å². The average Bonchev–Trinajstić information content (AvgIpc) is 3.10. The van der Waals surface area contributed by atoms with Crippen molar-refractivity contribution in [2.75, 3.05) is 6.26 Å². The summed E-state index contributed by atoms with van der Waals surface area (Å²) in [7, 11) is 0. The highest BCUT2D eigenvalue weighted by Gasteiger charge is 2.08. The van der Waals surface area contributed by atoms with E-state index in [9.17, 15) is 4.79 Å². The molecule has 9 nitrogen and oxygen atoms in total. The number of halogens is 2. The number of fused-ring (bicyclic) bond motifs is 2. The van der Waals surface area contributed by atoms with E-state index in [0.29, 0.717) is 16.6 Å². The van der Waals surface area contributed by atoms with E-state index in [-0.39, 0.29) is 18.3 Å². The highest BCUT2D eigenvalue weighted by atomic mass is 35.5. The van der Waals surface area contributed by atoms with Crippen LogP contribution in [-0.4, -0.2) is 45.4 Å². The van der Waals surface area contributed by atoms with Crippen molar-refractivity contribution in [2.45, 2.75) is 26.4 Å². The molecule has 0 aromatic carbocycles. The van der Waals surface area contributed by atoms with E-state index in [2.05, 4.69) is 30.2 Å². The van der Waals surface area contributed by atoms with Crippen LogP contribution in [0.5, 0.6) is 0 Å². The molecule has 4 heterocycles. The lowest BCUT2D eigenvalue weighted by atomic mass is 10.6. The molecule has 4 aromatic rings. The minimum Gasteiger partial charge on any atom is -0.296 e. The van der Waals surface area contributed by atoms with Crippen LogP contribution in [0.25, 0.3) is 11.3 Å². The fourth-order valence-electron chi connectivity index (χ4n) is 2.10. The van der Waals surface area contributed by atoms with Gasteiger partial charge in [-0.15, -0.1) is 15.3 Å². The zero-order chi connectivity index (χ0) is 18.1. The molecular formula is C14H16Cl2N8OS. The number of nitrogens with zero attached hydrogens (tertiary/aromatic N) is 7. The smallest absolute Gasteiger partial charge is 0.296 e. The molecule has 4 aromatic heterocycles. The van der Waals surface area contributed by atoms with Crippen LogP contribution in [0.4, 0.5) is 0 Å². The number of rotatable bonds is 1. The van der Waals surface area contributed by atoms with Gasteiger partial charge in [-0.05, 0) is 20.1 Å². The van der Waals surface area contributed by atoms with Crippen LogP contribution in [0.1, 0.15) is 19.1 Å². The molecular weight excluding hydrogens is 399 g/mol. The number of hydrogen-bond donors (Lipinski definition) is 1. The third kappa shape index (κ3) is 3.97. The first-order valence-electron chi connectivity index (χ1n) is 6.93. The molecule has 26 heavy (non-hydrogen) atoms.